The molecule has 23 heavy (non-hydrogen) atoms. The molecule has 0 unspecified atom stereocenters. The molecule has 1 aromatic carbocycles. The van der Waals surface area contributed by atoms with Crippen molar-refractivity contribution >= 4 is 11.8 Å². The number of carboxylic acids is 1. The number of aromatic nitrogens is 2. The summed E-state index contributed by atoms with van der Waals surface area (Å²) in [6.45, 7) is 3.56. The van der Waals surface area contributed by atoms with Gasteiger partial charge < -0.3 is 10.8 Å². The van der Waals surface area contributed by atoms with Crippen LogP contribution < -0.4 is 5.73 Å². The molecule has 0 aliphatic rings. The molecule has 0 radical (unpaired) electrons. The van der Waals surface area contributed by atoms with Crippen molar-refractivity contribution in [1.29, 1.82) is 5.26 Å². The smallest absolute Gasteiger partial charge is 0.307 e. The van der Waals surface area contributed by atoms with Crippen LogP contribution in [0.4, 0.5) is 14.6 Å². The highest BCUT2D eigenvalue weighted by Gasteiger charge is 2.24. The van der Waals surface area contributed by atoms with Crippen molar-refractivity contribution in [2.45, 2.75) is 26.3 Å². The Balaban J connectivity index is 2.64. The highest BCUT2D eigenvalue weighted by molar-refractivity contribution is 5.75. The van der Waals surface area contributed by atoms with Crippen molar-refractivity contribution in [3.8, 4) is 17.3 Å². The third-order valence-electron chi connectivity index (χ3n) is 3.31. The van der Waals surface area contributed by atoms with Crippen LogP contribution in [-0.4, -0.2) is 20.9 Å². The Morgan fingerprint density at radius 1 is 1.43 bits per heavy atom. The first kappa shape index (κ1) is 16.4. The highest BCUT2D eigenvalue weighted by atomic mass is 19.2. The minimum Gasteiger partial charge on any atom is -0.481 e. The zero-order valence-electron chi connectivity index (χ0n) is 12.5. The van der Waals surface area contributed by atoms with Crippen LogP contribution in [0.25, 0.3) is 11.3 Å². The number of halogens is 2. The van der Waals surface area contributed by atoms with Gasteiger partial charge in [-0.1, -0.05) is 6.07 Å². The molecule has 0 saturated carbocycles. The van der Waals surface area contributed by atoms with Gasteiger partial charge in [0.05, 0.1) is 6.42 Å². The second-order valence-corrected chi connectivity index (χ2v) is 5.23. The van der Waals surface area contributed by atoms with Crippen LogP contribution >= 0.6 is 0 Å². The number of nitrogen functional groups attached to an aromatic ring is 1. The van der Waals surface area contributed by atoms with Gasteiger partial charge in [0.2, 0.25) is 0 Å². The van der Waals surface area contributed by atoms with Crippen LogP contribution in [-0.2, 0) is 11.2 Å². The number of hydrogen-bond donors (Lipinski definition) is 2. The lowest BCUT2D eigenvalue weighted by Gasteiger charge is -2.07. The van der Waals surface area contributed by atoms with Crippen LogP contribution in [0.5, 0.6) is 0 Å². The fourth-order valence-electron chi connectivity index (χ4n) is 2.21. The van der Waals surface area contributed by atoms with Gasteiger partial charge in [-0.15, -0.1) is 0 Å². The van der Waals surface area contributed by atoms with E-state index in [-0.39, 0.29) is 34.2 Å². The average Bonchev–Trinajstić information content (AvgIpc) is 2.80. The molecule has 0 atom stereocenters. The van der Waals surface area contributed by atoms with Gasteiger partial charge in [-0.05, 0) is 19.9 Å². The number of carboxylic acid groups (broad SMARTS) is 1. The quantitative estimate of drug-likeness (QED) is 0.900. The molecule has 3 N–H and O–H groups in total. The van der Waals surface area contributed by atoms with Gasteiger partial charge in [0, 0.05) is 17.2 Å². The van der Waals surface area contributed by atoms with Crippen molar-refractivity contribution in [2.75, 3.05) is 5.73 Å². The summed E-state index contributed by atoms with van der Waals surface area (Å²) in [7, 11) is 0. The van der Waals surface area contributed by atoms with Crippen molar-refractivity contribution in [2.24, 2.45) is 0 Å². The maximum atomic E-state index is 14.3. The lowest BCUT2D eigenvalue weighted by molar-refractivity contribution is -0.136. The molecule has 1 aromatic heterocycles. The van der Waals surface area contributed by atoms with Crippen molar-refractivity contribution < 1.29 is 18.7 Å². The predicted molar refractivity (Wildman–Crippen MR) is 78.4 cm³/mol. The molecule has 6 nitrogen and oxygen atoms in total. The Kier molecular flexibility index (Phi) is 4.31. The number of nitriles is 1. The summed E-state index contributed by atoms with van der Waals surface area (Å²) in [5, 5.41) is 22.0. The van der Waals surface area contributed by atoms with E-state index in [9.17, 15) is 18.8 Å². The zero-order valence-corrected chi connectivity index (χ0v) is 12.5. The van der Waals surface area contributed by atoms with Gasteiger partial charge >= 0.3 is 5.97 Å². The highest BCUT2D eigenvalue weighted by Crippen LogP contribution is 2.32. The number of anilines is 1. The van der Waals surface area contributed by atoms with Gasteiger partial charge in [-0.2, -0.15) is 10.4 Å². The van der Waals surface area contributed by atoms with Crippen molar-refractivity contribution in [3.05, 3.63) is 34.9 Å². The Bertz CT molecular complexity index is 822. The number of nitrogens with zero attached hydrogens (tertiary/aromatic N) is 3. The molecular formula is C15H14F2N4O2. The molecule has 0 saturated heterocycles. The molecular weight excluding hydrogens is 306 g/mol. The summed E-state index contributed by atoms with van der Waals surface area (Å²) >= 11 is 0. The molecule has 8 heteroatoms. The standard InChI is InChI=1S/C15H14F2N4O2/c1-7(2)21-15(19)10(6-18)14(20-21)9-4-3-8(5-11(22)23)12(16)13(9)17/h3-4,7H,5,19H2,1-2H3,(H,22,23). The number of nitrogens with two attached hydrogens (primary N) is 1. The largest absolute Gasteiger partial charge is 0.481 e. The molecule has 1 heterocycles. The summed E-state index contributed by atoms with van der Waals surface area (Å²) in [4.78, 5) is 10.6. The van der Waals surface area contributed by atoms with E-state index >= 15 is 0 Å². The van der Waals surface area contributed by atoms with Gasteiger partial charge in [0.15, 0.2) is 11.6 Å². The van der Waals surface area contributed by atoms with E-state index in [0.717, 1.165) is 6.07 Å². The fourth-order valence-corrected chi connectivity index (χ4v) is 2.21. The second-order valence-electron chi connectivity index (χ2n) is 5.23. The van der Waals surface area contributed by atoms with Crippen LogP contribution in [0.3, 0.4) is 0 Å². The van der Waals surface area contributed by atoms with Crippen LogP contribution in [0.1, 0.15) is 31.0 Å². The summed E-state index contributed by atoms with van der Waals surface area (Å²) < 4.78 is 29.7. The Morgan fingerprint density at radius 2 is 2.09 bits per heavy atom. The van der Waals surface area contributed by atoms with Gasteiger partial charge in [-0.25, -0.2) is 13.5 Å². The number of carbonyl (C=O) groups is 1. The first-order valence-corrected chi connectivity index (χ1v) is 6.75. The van der Waals surface area contributed by atoms with E-state index in [1.807, 2.05) is 6.07 Å². The van der Waals surface area contributed by atoms with Gasteiger partial charge in [0.1, 0.15) is 23.1 Å². The molecule has 0 spiro atoms. The lowest BCUT2D eigenvalue weighted by Crippen LogP contribution is -2.07. The van der Waals surface area contributed by atoms with Crippen molar-refractivity contribution in [3.63, 3.8) is 0 Å². The lowest BCUT2D eigenvalue weighted by atomic mass is 10.0. The molecule has 0 aliphatic carbocycles. The van der Waals surface area contributed by atoms with E-state index in [0.29, 0.717) is 0 Å². The van der Waals surface area contributed by atoms with Crippen molar-refractivity contribution in [1.82, 2.24) is 9.78 Å². The van der Waals surface area contributed by atoms with Crippen LogP contribution in [0, 0.1) is 23.0 Å². The molecule has 0 bridgehead atoms. The van der Waals surface area contributed by atoms with Gasteiger partial charge in [0.25, 0.3) is 0 Å². The van der Waals surface area contributed by atoms with E-state index in [1.54, 1.807) is 13.8 Å². The molecule has 0 fully saturated rings. The Hall–Kier alpha value is -2.95. The minimum atomic E-state index is -1.28. The van der Waals surface area contributed by atoms with E-state index in [2.05, 4.69) is 5.10 Å². The zero-order chi connectivity index (χ0) is 17.3. The summed E-state index contributed by atoms with van der Waals surface area (Å²) in [5.74, 6) is -3.74. The third kappa shape index (κ3) is 2.85. The van der Waals surface area contributed by atoms with Crippen LogP contribution in [0.2, 0.25) is 0 Å². The summed E-state index contributed by atoms with van der Waals surface area (Å²) in [6.07, 6.45) is -0.642. The fraction of sp³-hybridized carbons (Fsp3) is 0.267. The minimum absolute atomic E-state index is 0.0528. The molecule has 2 aromatic rings. The van der Waals surface area contributed by atoms with Crippen LogP contribution in [0.15, 0.2) is 12.1 Å². The molecule has 2 rings (SSSR count). The third-order valence-corrected chi connectivity index (χ3v) is 3.31. The van der Waals surface area contributed by atoms with E-state index in [1.165, 1.54) is 10.7 Å². The summed E-state index contributed by atoms with van der Waals surface area (Å²) in [6, 6.07) is 4.03. The number of rotatable bonds is 4. The van der Waals surface area contributed by atoms with Gasteiger partial charge in [-0.3, -0.25) is 4.79 Å². The maximum Gasteiger partial charge on any atom is 0.307 e. The van der Waals surface area contributed by atoms with E-state index in [4.69, 9.17) is 10.8 Å². The second kappa shape index (κ2) is 6.04. The predicted octanol–water partition coefficient (Wildman–Crippen LogP) is 2.49. The maximum absolute atomic E-state index is 14.3. The summed E-state index contributed by atoms with van der Waals surface area (Å²) in [5.41, 5.74) is 5.18. The average molecular weight is 320 g/mol. The number of benzene rings is 1. The number of aliphatic carboxylic acids is 1. The first-order chi connectivity index (χ1) is 10.8. The normalized spacial score (nSPS) is 10.8. The Morgan fingerprint density at radius 3 is 2.61 bits per heavy atom. The molecule has 0 aliphatic heterocycles. The monoisotopic (exact) mass is 320 g/mol. The SMILES string of the molecule is CC(C)n1nc(-c2ccc(CC(=O)O)c(F)c2F)c(C#N)c1N. The van der Waals surface area contributed by atoms with E-state index < -0.39 is 24.0 Å². The topological polar surface area (TPSA) is 105 Å². The first-order valence-electron chi connectivity index (χ1n) is 6.75. The molecule has 0 amide bonds. The Labute approximate surface area is 130 Å². The number of hydrogen-bond acceptors (Lipinski definition) is 4. The molecule has 120 valence electrons.